The van der Waals surface area contributed by atoms with Gasteiger partial charge in [0.15, 0.2) is 0 Å². The standard InChI is InChI=1S/C14H20BrN3.2ClH/c1-2-3-4-13(18-9-7-16-8-10-18)12-5-6-17-14(15)11-12;;/h2,5-6,11,13,16H,1,3-4,7-10H2;2*1H/t13-;;/m0../s1. The number of hydrogen-bond donors (Lipinski definition) is 1. The summed E-state index contributed by atoms with van der Waals surface area (Å²) in [6.07, 6.45) is 6.06. The van der Waals surface area contributed by atoms with Gasteiger partial charge in [-0.25, -0.2) is 4.98 Å². The molecule has 1 N–H and O–H groups in total. The second-order valence-electron chi connectivity index (χ2n) is 4.58. The van der Waals surface area contributed by atoms with Crippen molar-refractivity contribution < 1.29 is 0 Å². The Morgan fingerprint density at radius 1 is 1.40 bits per heavy atom. The summed E-state index contributed by atoms with van der Waals surface area (Å²) in [7, 11) is 0. The number of aromatic nitrogens is 1. The van der Waals surface area contributed by atoms with Crippen molar-refractivity contribution in [3.05, 3.63) is 41.2 Å². The Bertz CT molecular complexity index is 398. The smallest absolute Gasteiger partial charge is 0.106 e. The first-order chi connectivity index (χ1) is 8.81. The van der Waals surface area contributed by atoms with Crippen LogP contribution in [0.5, 0.6) is 0 Å². The lowest BCUT2D eigenvalue weighted by atomic mass is 10.0. The highest BCUT2D eigenvalue weighted by molar-refractivity contribution is 9.10. The molecule has 0 saturated carbocycles. The third-order valence-electron chi connectivity index (χ3n) is 3.37. The maximum atomic E-state index is 4.21. The number of allylic oxidation sites excluding steroid dienone is 1. The van der Waals surface area contributed by atoms with Crippen LogP contribution in [-0.2, 0) is 0 Å². The number of hydrogen-bond acceptors (Lipinski definition) is 3. The molecule has 1 fully saturated rings. The van der Waals surface area contributed by atoms with Crippen molar-refractivity contribution in [2.75, 3.05) is 26.2 Å². The average Bonchev–Trinajstić information content (AvgIpc) is 2.40. The summed E-state index contributed by atoms with van der Waals surface area (Å²) in [5.41, 5.74) is 1.35. The Hall–Kier alpha value is -0.130. The van der Waals surface area contributed by atoms with E-state index in [-0.39, 0.29) is 24.8 Å². The van der Waals surface area contributed by atoms with Crippen LogP contribution >= 0.6 is 40.7 Å². The molecule has 6 heteroatoms. The lowest BCUT2D eigenvalue weighted by molar-refractivity contribution is 0.166. The van der Waals surface area contributed by atoms with Crippen molar-refractivity contribution in [2.45, 2.75) is 18.9 Å². The third kappa shape index (κ3) is 5.70. The molecule has 0 radical (unpaired) electrons. The molecule has 1 aliphatic rings. The zero-order valence-electron chi connectivity index (χ0n) is 11.4. The van der Waals surface area contributed by atoms with E-state index in [1.54, 1.807) is 0 Å². The van der Waals surface area contributed by atoms with Crippen molar-refractivity contribution >= 4 is 40.7 Å². The van der Waals surface area contributed by atoms with Gasteiger partial charge in [-0.1, -0.05) is 6.08 Å². The summed E-state index contributed by atoms with van der Waals surface area (Å²) in [6, 6.07) is 4.74. The van der Waals surface area contributed by atoms with Crippen LogP contribution in [0.25, 0.3) is 0 Å². The zero-order valence-corrected chi connectivity index (χ0v) is 14.6. The molecule has 0 amide bonds. The van der Waals surface area contributed by atoms with Gasteiger partial charge in [0.2, 0.25) is 0 Å². The van der Waals surface area contributed by atoms with E-state index < -0.39 is 0 Å². The molecule has 20 heavy (non-hydrogen) atoms. The molecule has 0 spiro atoms. The first-order valence-electron chi connectivity index (χ1n) is 6.48. The van der Waals surface area contributed by atoms with Crippen molar-refractivity contribution in [3.63, 3.8) is 0 Å². The fourth-order valence-corrected chi connectivity index (χ4v) is 2.84. The molecular weight excluding hydrogens is 361 g/mol. The van der Waals surface area contributed by atoms with Crippen molar-refractivity contribution in [1.82, 2.24) is 15.2 Å². The van der Waals surface area contributed by atoms with Gasteiger partial charge in [0.05, 0.1) is 0 Å². The summed E-state index contributed by atoms with van der Waals surface area (Å²) in [4.78, 5) is 6.77. The quantitative estimate of drug-likeness (QED) is 0.622. The Morgan fingerprint density at radius 3 is 2.70 bits per heavy atom. The van der Waals surface area contributed by atoms with Crippen molar-refractivity contribution in [1.29, 1.82) is 0 Å². The number of nitrogens with one attached hydrogen (secondary N) is 1. The molecule has 3 nitrogen and oxygen atoms in total. The number of pyridine rings is 1. The van der Waals surface area contributed by atoms with Gasteiger partial charge in [-0.05, 0) is 46.5 Å². The predicted molar refractivity (Wildman–Crippen MR) is 93.0 cm³/mol. The second kappa shape index (κ2) is 10.6. The Kier molecular flexibility index (Phi) is 10.5. The molecule has 0 unspecified atom stereocenters. The molecule has 0 bridgehead atoms. The van der Waals surface area contributed by atoms with Gasteiger partial charge in [0.25, 0.3) is 0 Å². The fraction of sp³-hybridized carbons (Fsp3) is 0.500. The minimum atomic E-state index is 0. The van der Waals surface area contributed by atoms with E-state index in [1.807, 2.05) is 12.3 Å². The van der Waals surface area contributed by atoms with Crippen LogP contribution < -0.4 is 5.32 Å². The largest absolute Gasteiger partial charge is 0.314 e. The van der Waals surface area contributed by atoms with Crippen LogP contribution in [0.4, 0.5) is 0 Å². The van der Waals surface area contributed by atoms with Gasteiger partial charge in [-0.2, -0.15) is 0 Å². The minimum Gasteiger partial charge on any atom is -0.314 e. The molecule has 1 aromatic rings. The fourth-order valence-electron chi connectivity index (χ4n) is 2.45. The zero-order chi connectivity index (χ0) is 12.8. The summed E-state index contributed by atoms with van der Waals surface area (Å²) < 4.78 is 0.915. The van der Waals surface area contributed by atoms with Gasteiger partial charge in [0, 0.05) is 38.4 Å². The van der Waals surface area contributed by atoms with Crippen LogP contribution in [0, 0.1) is 0 Å². The molecule has 0 aromatic carbocycles. The topological polar surface area (TPSA) is 28.2 Å². The van der Waals surface area contributed by atoms with E-state index in [2.05, 4.69) is 49.8 Å². The van der Waals surface area contributed by atoms with Crippen LogP contribution in [0.1, 0.15) is 24.4 Å². The number of piperazine rings is 1. The van der Waals surface area contributed by atoms with Crippen LogP contribution in [0.3, 0.4) is 0 Å². The molecule has 1 atom stereocenters. The predicted octanol–water partition coefficient (Wildman–Crippen LogP) is 3.60. The Labute approximate surface area is 142 Å². The molecule has 1 aliphatic heterocycles. The lowest BCUT2D eigenvalue weighted by Gasteiger charge is -2.35. The van der Waals surface area contributed by atoms with Crippen molar-refractivity contribution in [3.8, 4) is 0 Å². The summed E-state index contributed by atoms with van der Waals surface area (Å²) >= 11 is 3.46. The van der Waals surface area contributed by atoms with E-state index in [0.29, 0.717) is 6.04 Å². The van der Waals surface area contributed by atoms with Gasteiger partial charge >= 0.3 is 0 Å². The molecule has 0 aliphatic carbocycles. The Balaban J connectivity index is 0.00000180. The lowest BCUT2D eigenvalue weighted by Crippen LogP contribution is -2.45. The van der Waals surface area contributed by atoms with Gasteiger partial charge in [-0.3, -0.25) is 4.90 Å². The molecule has 1 saturated heterocycles. The molecule has 2 rings (SSSR count). The minimum absolute atomic E-state index is 0. The molecule has 2 heterocycles. The van der Waals surface area contributed by atoms with Gasteiger partial charge in [-0.15, -0.1) is 31.4 Å². The SMILES string of the molecule is C=CCC[C@@H](c1ccnc(Br)c1)N1CCNCC1.Cl.Cl. The van der Waals surface area contributed by atoms with Crippen LogP contribution in [0.15, 0.2) is 35.6 Å². The third-order valence-corrected chi connectivity index (χ3v) is 3.81. The summed E-state index contributed by atoms with van der Waals surface area (Å²) in [5.74, 6) is 0. The van der Waals surface area contributed by atoms with Gasteiger partial charge < -0.3 is 5.32 Å². The van der Waals surface area contributed by atoms with Crippen LogP contribution in [0.2, 0.25) is 0 Å². The average molecular weight is 383 g/mol. The maximum absolute atomic E-state index is 4.21. The number of rotatable bonds is 5. The molecule has 1 aromatic heterocycles. The van der Waals surface area contributed by atoms with E-state index in [1.165, 1.54) is 5.56 Å². The van der Waals surface area contributed by atoms with E-state index >= 15 is 0 Å². The highest BCUT2D eigenvalue weighted by Gasteiger charge is 2.21. The summed E-state index contributed by atoms with van der Waals surface area (Å²) in [5, 5.41) is 3.41. The first-order valence-corrected chi connectivity index (χ1v) is 7.27. The second-order valence-corrected chi connectivity index (χ2v) is 5.39. The monoisotopic (exact) mass is 381 g/mol. The van der Waals surface area contributed by atoms with E-state index in [9.17, 15) is 0 Å². The Morgan fingerprint density at radius 2 is 2.10 bits per heavy atom. The van der Waals surface area contributed by atoms with Crippen molar-refractivity contribution in [2.24, 2.45) is 0 Å². The number of halogens is 3. The molecule has 114 valence electrons. The first kappa shape index (κ1) is 19.9. The highest BCUT2D eigenvalue weighted by Crippen LogP contribution is 2.27. The molecular formula is C14H22BrCl2N3. The number of nitrogens with zero attached hydrogens (tertiary/aromatic N) is 2. The summed E-state index contributed by atoms with van der Waals surface area (Å²) in [6.45, 7) is 8.22. The highest BCUT2D eigenvalue weighted by atomic mass is 79.9. The van der Waals surface area contributed by atoms with Gasteiger partial charge in [0.1, 0.15) is 4.60 Å². The van der Waals surface area contributed by atoms with E-state index in [0.717, 1.165) is 43.6 Å². The van der Waals surface area contributed by atoms with E-state index in [4.69, 9.17) is 0 Å². The maximum Gasteiger partial charge on any atom is 0.106 e. The van der Waals surface area contributed by atoms with Crippen LogP contribution in [-0.4, -0.2) is 36.1 Å². The normalized spacial score (nSPS) is 16.6.